The van der Waals surface area contributed by atoms with E-state index < -0.39 is 0 Å². The molecule has 0 unspecified atom stereocenters. The van der Waals surface area contributed by atoms with Gasteiger partial charge in [-0.2, -0.15) is 9.78 Å². The second kappa shape index (κ2) is 6.26. The summed E-state index contributed by atoms with van der Waals surface area (Å²) in [6, 6.07) is 18.2. The second-order valence-electron chi connectivity index (χ2n) is 5.18. The molecule has 0 spiro atoms. The molecule has 2 aromatic carbocycles. The summed E-state index contributed by atoms with van der Waals surface area (Å²) in [5.41, 5.74) is 4.36. The Morgan fingerprint density at radius 1 is 1.05 bits per heavy atom. The lowest BCUT2D eigenvalue weighted by Gasteiger charge is -2.06. The molecule has 0 atom stereocenters. The van der Waals surface area contributed by atoms with Crippen LogP contribution in [0.15, 0.2) is 67.0 Å². The van der Waals surface area contributed by atoms with E-state index in [-0.39, 0.29) is 6.03 Å². The van der Waals surface area contributed by atoms with E-state index >= 15 is 0 Å². The molecule has 1 N–H and O–H groups in total. The molecule has 0 aliphatic heterocycles. The topological polar surface area (TPSA) is 46.9 Å². The highest BCUT2D eigenvalue weighted by Gasteiger charge is 2.05. The van der Waals surface area contributed by atoms with Crippen LogP contribution < -0.4 is 5.32 Å². The molecular formula is C18H17N3O. The maximum absolute atomic E-state index is 11.9. The van der Waals surface area contributed by atoms with Gasteiger partial charge in [0.2, 0.25) is 0 Å². The van der Waals surface area contributed by atoms with Crippen molar-refractivity contribution in [2.24, 2.45) is 0 Å². The number of aryl methyl sites for hydroxylation is 1. The Morgan fingerprint density at radius 3 is 2.36 bits per heavy atom. The van der Waals surface area contributed by atoms with E-state index in [0.717, 1.165) is 11.1 Å². The predicted molar refractivity (Wildman–Crippen MR) is 86.5 cm³/mol. The van der Waals surface area contributed by atoms with Crippen molar-refractivity contribution >= 4 is 6.03 Å². The maximum Gasteiger partial charge on any atom is 0.342 e. The molecule has 0 bridgehead atoms. The smallest absolute Gasteiger partial charge is 0.332 e. The summed E-state index contributed by atoms with van der Waals surface area (Å²) in [7, 11) is 0. The van der Waals surface area contributed by atoms with Gasteiger partial charge in [0.25, 0.3) is 0 Å². The third-order valence-corrected chi connectivity index (χ3v) is 3.42. The summed E-state index contributed by atoms with van der Waals surface area (Å²) in [4.78, 5) is 11.9. The Morgan fingerprint density at radius 2 is 1.73 bits per heavy atom. The summed E-state index contributed by atoms with van der Waals surface area (Å²) in [6.45, 7) is 2.38. The SMILES string of the molecule is Cc1cnn(C(=O)NCc2ccc(-c3ccccc3)cc2)c1. The van der Waals surface area contributed by atoms with E-state index in [2.05, 4.69) is 34.7 Å². The summed E-state index contributed by atoms with van der Waals surface area (Å²) >= 11 is 0. The summed E-state index contributed by atoms with van der Waals surface area (Å²) in [6.07, 6.45) is 3.36. The molecule has 0 fully saturated rings. The van der Waals surface area contributed by atoms with E-state index in [1.54, 1.807) is 12.4 Å². The quantitative estimate of drug-likeness (QED) is 0.801. The normalized spacial score (nSPS) is 10.4. The van der Waals surface area contributed by atoms with Crippen LogP contribution in [0.5, 0.6) is 0 Å². The highest BCUT2D eigenvalue weighted by molar-refractivity contribution is 5.75. The zero-order valence-corrected chi connectivity index (χ0v) is 12.4. The van der Waals surface area contributed by atoms with Gasteiger partial charge in [-0.1, -0.05) is 54.6 Å². The van der Waals surface area contributed by atoms with Gasteiger partial charge in [0, 0.05) is 12.7 Å². The van der Waals surface area contributed by atoms with Crippen molar-refractivity contribution in [2.45, 2.75) is 13.5 Å². The molecule has 4 heteroatoms. The number of hydrogen-bond acceptors (Lipinski definition) is 2. The average Bonchev–Trinajstić information content (AvgIpc) is 3.00. The Balaban J connectivity index is 1.63. The van der Waals surface area contributed by atoms with Crippen molar-refractivity contribution in [1.29, 1.82) is 0 Å². The van der Waals surface area contributed by atoms with Crippen molar-refractivity contribution in [1.82, 2.24) is 15.1 Å². The summed E-state index contributed by atoms with van der Waals surface area (Å²) in [5, 5.41) is 6.84. The van der Waals surface area contributed by atoms with Crippen molar-refractivity contribution in [3.63, 3.8) is 0 Å². The fourth-order valence-electron chi connectivity index (χ4n) is 2.23. The van der Waals surface area contributed by atoms with Gasteiger partial charge in [0.05, 0.1) is 6.20 Å². The molecule has 4 nitrogen and oxygen atoms in total. The number of benzene rings is 2. The summed E-state index contributed by atoms with van der Waals surface area (Å²) in [5.74, 6) is 0. The number of nitrogens with one attached hydrogen (secondary N) is 1. The van der Waals surface area contributed by atoms with Crippen molar-refractivity contribution in [3.05, 3.63) is 78.1 Å². The number of hydrogen-bond donors (Lipinski definition) is 1. The van der Waals surface area contributed by atoms with E-state index in [4.69, 9.17) is 0 Å². The van der Waals surface area contributed by atoms with Gasteiger partial charge in [-0.05, 0) is 29.2 Å². The largest absolute Gasteiger partial charge is 0.342 e. The van der Waals surface area contributed by atoms with Gasteiger partial charge in [0.15, 0.2) is 0 Å². The highest BCUT2D eigenvalue weighted by atomic mass is 16.2. The van der Waals surface area contributed by atoms with Crippen LogP contribution in [0.25, 0.3) is 11.1 Å². The van der Waals surface area contributed by atoms with E-state index in [9.17, 15) is 4.79 Å². The Labute approximate surface area is 129 Å². The van der Waals surface area contributed by atoms with Gasteiger partial charge in [-0.15, -0.1) is 0 Å². The fraction of sp³-hybridized carbons (Fsp3) is 0.111. The van der Waals surface area contributed by atoms with E-state index in [1.807, 2.05) is 37.3 Å². The van der Waals surface area contributed by atoms with Gasteiger partial charge in [0.1, 0.15) is 0 Å². The fourth-order valence-corrected chi connectivity index (χ4v) is 2.23. The molecule has 22 heavy (non-hydrogen) atoms. The molecule has 3 aromatic rings. The van der Waals surface area contributed by atoms with Crippen LogP contribution in [-0.4, -0.2) is 15.8 Å². The lowest BCUT2D eigenvalue weighted by atomic mass is 10.0. The minimum Gasteiger partial charge on any atom is -0.332 e. The Kier molecular flexibility index (Phi) is 4.01. The monoisotopic (exact) mass is 291 g/mol. The first-order valence-electron chi connectivity index (χ1n) is 7.16. The van der Waals surface area contributed by atoms with Crippen LogP contribution >= 0.6 is 0 Å². The minimum absolute atomic E-state index is 0.222. The summed E-state index contributed by atoms with van der Waals surface area (Å²) < 4.78 is 1.31. The van der Waals surface area contributed by atoms with Crippen LogP contribution in [-0.2, 0) is 6.54 Å². The van der Waals surface area contributed by atoms with E-state index in [1.165, 1.54) is 15.8 Å². The van der Waals surface area contributed by atoms with Gasteiger partial charge in [-0.3, -0.25) is 0 Å². The number of rotatable bonds is 3. The van der Waals surface area contributed by atoms with Crippen LogP contribution in [0.1, 0.15) is 11.1 Å². The molecule has 3 rings (SSSR count). The number of nitrogens with zero attached hydrogens (tertiary/aromatic N) is 2. The molecule has 1 aromatic heterocycles. The second-order valence-corrected chi connectivity index (χ2v) is 5.18. The van der Waals surface area contributed by atoms with Crippen molar-refractivity contribution in [2.75, 3.05) is 0 Å². The minimum atomic E-state index is -0.222. The van der Waals surface area contributed by atoms with E-state index in [0.29, 0.717) is 6.54 Å². The number of carbonyl (C=O) groups is 1. The molecule has 0 saturated heterocycles. The van der Waals surface area contributed by atoms with Crippen LogP contribution in [0, 0.1) is 6.92 Å². The third kappa shape index (κ3) is 3.23. The Bertz CT molecular complexity index is 761. The first kappa shape index (κ1) is 14.1. The Hall–Kier alpha value is -2.88. The van der Waals surface area contributed by atoms with Gasteiger partial charge in [-0.25, -0.2) is 4.79 Å². The molecule has 0 radical (unpaired) electrons. The van der Waals surface area contributed by atoms with Crippen molar-refractivity contribution in [3.8, 4) is 11.1 Å². The number of aromatic nitrogens is 2. The zero-order chi connectivity index (χ0) is 15.4. The highest BCUT2D eigenvalue weighted by Crippen LogP contribution is 2.19. The molecule has 0 saturated carbocycles. The number of carbonyl (C=O) groups excluding carboxylic acids is 1. The molecule has 110 valence electrons. The average molecular weight is 291 g/mol. The molecule has 0 aliphatic rings. The molecule has 1 heterocycles. The molecule has 1 amide bonds. The standard InChI is InChI=1S/C18H17N3O/c1-14-11-20-21(13-14)18(22)19-12-15-7-9-17(10-8-15)16-5-3-2-4-6-16/h2-11,13H,12H2,1H3,(H,19,22). The molecule has 0 aliphatic carbocycles. The lowest BCUT2D eigenvalue weighted by molar-refractivity contribution is 0.239. The zero-order valence-electron chi connectivity index (χ0n) is 12.4. The van der Waals surface area contributed by atoms with Gasteiger partial charge < -0.3 is 5.32 Å². The first-order chi connectivity index (χ1) is 10.7. The maximum atomic E-state index is 11.9. The van der Waals surface area contributed by atoms with Crippen LogP contribution in [0.4, 0.5) is 4.79 Å². The molecular weight excluding hydrogens is 274 g/mol. The first-order valence-corrected chi connectivity index (χ1v) is 7.16. The number of amides is 1. The van der Waals surface area contributed by atoms with Crippen molar-refractivity contribution < 1.29 is 4.79 Å². The van der Waals surface area contributed by atoms with Crippen LogP contribution in [0.2, 0.25) is 0 Å². The third-order valence-electron chi connectivity index (χ3n) is 3.42. The lowest BCUT2D eigenvalue weighted by Crippen LogP contribution is -2.28. The van der Waals surface area contributed by atoms with Gasteiger partial charge >= 0.3 is 6.03 Å². The van der Waals surface area contributed by atoms with Crippen LogP contribution in [0.3, 0.4) is 0 Å². The predicted octanol–water partition coefficient (Wildman–Crippen LogP) is 3.62.